The first kappa shape index (κ1) is 22.6. The molecule has 0 saturated heterocycles. The third kappa shape index (κ3) is 5.97. The van der Waals surface area contributed by atoms with E-state index in [-0.39, 0.29) is 22.6 Å². The summed E-state index contributed by atoms with van der Waals surface area (Å²) in [5.74, 6) is 0.628. The van der Waals surface area contributed by atoms with Crippen LogP contribution in [-0.2, 0) is 11.2 Å². The van der Waals surface area contributed by atoms with E-state index in [1.165, 1.54) is 5.56 Å². The average Bonchev–Trinajstić information content (AvgIpc) is 2.66. The molecule has 0 saturated carbocycles. The van der Waals surface area contributed by atoms with Crippen molar-refractivity contribution >= 4 is 23.1 Å². The molecular formula is C26H32N2O3. The molecule has 0 atom stereocenters. The van der Waals surface area contributed by atoms with E-state index >= 15 is 0 Å². The molecule has 5 nitrogen and oxygen atoms in total. The monoisotopic (exact) mass is 420 g/mol. The molecule has 164 valence electrons. The Balaban J connectivity index is 1.81. The number of nitrogens with one attached hydrogen (secondary N) is 2. The highest BCUT2D eigenvalue weighted by molar-refractivity contribution is 6.09. The van der Waals surface area contributed by atoms with Crippen molar-refractivity contribution in [3.63, 3.8) is 0 Å². The molecule has 0 fully saturated rings. The van der Waals surface area contributed by atoms with E-state index in [1.54, 1.807) is 37.5 Å². The molecule has 31 heavy (non-hydrogen) atoms. The van der Waals surface area contributed by atoms with E-state index in [1.807, 2.05) is 32.9 Å². The van der Waals surface area contributed by atoms with Gasteiger partial charge in [0.2, 0.25) is 5.91 Å². The van der Waals surface area contributed by atoms with Crippen molar-refractivity contribution in [2.45, 2.75) is 53.0 Å². The van der Waals surface area contributed by atoms with Crippen LogP contribution in [0.2, 0.25) is 0 Å². The van der Waals surface area contributed by atoms with Crippen molar-refractivity contribution in [2.75, 3.05) is 12.4 Å². The first-order valence-corrected chi connectivity index (χ1v) is 10.6. The second-order valence-electron chi connectivity index (χ2n) is 9.99. The van der Waals surface area contributed by atoms with Gasteiger partial charge in [-0.1, -0.05) is 26.8 Å². The molecule has 2 aromatic carbocycles. The second-order valence-corrected chi connectivity index (χ2v) is 9.99. The normalized spacial score (nSPS) is 16.3. The number of carbonyl (C=O) groups excluding carboxylic acids is 2. The molecule has 1 amide bonds. The summed E-state index contributed by atoms with van der Waals surface area (Å²) >= 11 is 0. The first-order valence-electron chi connectivity index (χ1n) is 10.6. The van der Waals surface area contributed by atoms with Crippen LogP contribution >= 0.6 is 0 Å². The predicted octanol–water partition coefficient (Wildman–Crippen LogP) is 5.22. The van der Waals surface area contributed by atoms with E-state index in [0.717, 1.165) is 23.4 Å². The number of anilines is 1. The number of fused-ring (bicyclic) bond motifs is 1. The number of rotatable bonds is 5. The maximum absolute atomic E-state index is 13.0. The number of benzene rings is 2. The van der Waals surface area contributed by atoms with Crippen LogP contribution in [0.1, 0.15) is 62.5 Å². The van der Waals surface area contributed by atoms with E-state index in [2.05, 4.69) is 30.5 Å². The van der Waals surface area contributed by atoms with Crippen LogP contribution in [0.5, 0.6) is 5.75 Å². The Kier molecular flexibility index (Phi) is 6.25. The van der Waals surface area contributed by atoms with Gasteiger partial charge in [0.15, 0.2) is 5.78 Å². The number of allylic oxidation sites excluding steroid dienone is 1. The first-order chi connectivity index (χ1) is 14.5. The highest BCUT2D eigenvalue weighted by Gasteiger charge is 2.28. The predicted molar refractivity (Wildman–Crippen MR) is 125 cm³/mol. The zero-order valence-corrected chi connectivity index (χ0v) is 19.3. The Morgan fingerprint density at radius 1 is 1.13 bits per heavy atom. The van der Waals surface area contributed by atoms with Gasteiger partial charge in [-0.2, -0.15) is 0 Å². The lowest BCUT2D eigenvalue weighted by atomic mass is 9.85. The molecule has 1 aliphatic rings. The van der Waals surface area contributed by atoms with Crippen LogP contribution in [0.3, 0.4) is 0 Å². The number of ether oxygens (including phenoxy) is 1. The van der Waals surface area contributed by atoms with Gasteiger partial charge in [0.05, 0.1) is 7.11 Å². The minimum atomic E-state index is -0.158. The quantitative estimate of drug-likeness (QED) is 0.514. The van der Waals surface area contributed by atoms with Gasteiger partial charge >= 0.3 is 0 Å². The molecule has 0 aliphatic carbocycles. The van der Waals surface area contributed by atoms with E-state index in [4.69, 9.17) is 4.74 Å². The number of ketones is 1. The second kappa shape index (κ2) is 8.58. The Morgan fingerprint density at radius 3 is 2.42 bits per heavy atom. The standard InChI is InChI=1S/C26H32N2O3/c1-25(2,3)16-24(30)27-19-10-7-17(8-11-19)23(29)14-22-21-13-20(31-6)12-9-18(21)15-26(4,5)28-22/h7-14,28H,15-16H2,1-6H3,(H,27,30). The van der Waals surface area contributed by atoms with Gasteiger partial charge in [0.1, 0.15) is 5.75 Å². The topological polar surface area (TPSA) is 67.4 Å². The number of amides is 1. The summed E-state index contributed by atoms with van der Waals surface area (Å²) in [6.07, 6.45) is 2.94. The van der Waals surface area contributed by atoms with Gasteiger partial charge in [-0.05, 0) is 67.6 Å². The average molecular weight is 421 g/mol. The number of hydrogen-bond acceptors (Lipinski definition) is 4. The van der Waals surface area contributed by atoms with Crippen molar-refractivity contribution in [1.82, 2.24) is 5.32 Å². The summed E-state index contributed by atoms with van der Waals surface area (Å²) in [6.45, 7) is 10.3. The van der Waals surface area contributed by atoms with Gasteiger partial charge in [-0.15, -0.1) is 0 Å². The zero-order chi connectivity index (χ0) is 22.8. The zero-order valence-electron chi connectivity index (χ0n) is 19.3. The van der Waals surface area contributed by atoms with Crippen molar-refractivity contribution in [3.05, 3.63) is 65.2 Å². The van der Waals surface area contributed by atoms with Crippen molar-refractivity contribution in [2.24, 2.45) is 5.41 Å². The lowest BCUT2D eigenvalue weighted by Crippen LogP contribution is -2.43. The molecule has 0 spiro atoms. The highest BCUT2D eigenvalue weighted by atomic mass is 16.5. The summed E-state index contributed by atoms with van der Waals surface area (Å²) in [5, 5.41) is 6.38. The number of hydrogen-bond donors (Lipinski definition) is 2. The summed E-state index contributed by atoms with van der Waals surface area (Å²) in [4.78, 5) is 25.1. The molecule has 2 aromatic rings. The molecule has 0 radical (unpaired) electrons. The van der Waals surface area contributed by atoms with Crippen LogP contribution < -0.4 is 15.4 Å². The maximum atomic E-state index is 13.0. The number of methoxy groups -OCH3 is 1. The van der Waals surface area contributed by atoms with Crippen LogP contribution in [0, 0.1) is 5.41 Å². The summed E-state index contributed by atoms with van der Waals surface area (Å²) in [6, 6.07) is 13.0. The van der Waals surface area contributed by atoms with Crippen LogP contribution in [-0.4, -0.2) is 24.3 Å². The van der Waals surface area contributed by atoms with E-state index in [9.17, 15) is 9.59 Å². The lowest BCUT2D eigenvalue weighted by molar-refractivity contribution is -0.117. The molecule has 1 aliphatic heterocycles. The largest absolute Gasteiger partial charge is 0.497 e. The fraction of sp³-hybridized carbons (Fsp3) is 0.385. The fourth-order valence-corrected chi connectivity index (χ4v) is 3.77. The molecule has 3 rings (SSSR count). The molecule has 5 heteroatoms. The lowest BCUT2D eigenvalue weighted by Gasteiger charge is -2.35. The van der Waals surface area contributed by atoms with E-state index < -0.39 is 0 Å². The Hall–Kier alpha value is -3.08. The minimum absolute atomic E-state index is 0.0344. The van der Waals surface area contributed by atoms with Gasteiger partial charge < -0.3 is 15.4 Å². The third-order valence-corrected chi connectivity index (χ3v) is 5.13. The van der Waals surface area contributed by atoms with Crippen LogP contribution in [0.4, 0.5) is 5.69 Å². The molecule has 0 unspecified atom stereocenters. The van der Waals surface area contributed by atoms with Gasteiger partial charge in [0.25, 0.3) is 0 Å². The number of carbonyl (C=O) groups is 2. The molecule has 2 N–H and O–H groups in total. The molecular weight excluding hydrogens is 388 g/mol. The van der Waals surface area contributed by atoms with Crippen molar-refractivity contribution < 1.29 is 14.3 Å². The Bertz CT molecular complexity index is 1010. The van der Waals surface area contributed by atoms with Gasteiger partial charge in [-0.3, -0.25) is 9.59 Å². The molecule has 0 bridgehead atoms. The van der Waals surface area contributed by atoms with Gasteiger partial charge in [-0.25, -0.2) is 0 Å². The van der Waals surface area contributed by atoms with Gasteiger partial charge in [0, 0.05) is 40.5 Å². The molecule has 0 aromatic heterocycles. The smallest absolute Gasteiger partial charge is 0.224 e. The van der Waals surface area contributed by atoms with Crippen LogP contribution in [0.15, 0.2) is 48.5 Å². The third-order valence-electron chi connectivity index (χ3n) is 5.13. The van der Waals surface area contributed by atoms with Crippen LogP contribution in [0.25, 0.3) is 5.70 Å². The Morgan fingerprint density at radius 2 is 1.81 bits per heavy atom. The van der Waals surface area contributed by atoms with Crippen molar-refractivity contribution in [1.29, 1.82) is 0 Å². The Labute approximate surface area is 184 Å². The maximum Gasteiger partial charge on any atom is 0.224 e. The highest BCUT2D eigenvalue weighted by Crippen LogP contribution is 2.32. The summed E-state index contributed by atoms with van der Waals surface area (Å²) in [7, 11) is 1.64. The van der Waals surface area contributed by atoms with E-state index in [0.29, 0.717) is 17.7 Å². The molecule has 1 heterocycles. The van der Waals surface area contributed by atoms with Crippen molar-refractivity contribution in [3.8, 4) is 5.75 Å². The minimum Gasteiger partial charge on any atom is -0.497 e. The summed E-state index contributed by atoms with van der Waals surface area (Å²) < 4.78 is 5.37. The SMILES string of the molecule is COc1ccc2c(c1)C(=CC(=O)c1ccc(NC(=O)CC(C)(C)C)cc1)NC(C)(C)C2. The summed E-state index contributed by atoms with van der Waals surface area (Å²) in [5.41, 5.74) is 3.97. The fourth-order valence-electron chi connectivity index (χ4n) is 3.77.